The number of aliphatic carboxylic acids is 2. The van der Waals surface area contributed by atoms with E-state index in [1.807, 2.05) is 0 Å². The number of fused-ring (bicyclic) bond motifs is 1. The van der Waals surface area contributed by atoms with Crippen molar-refractivity contribution in [2.75, 3.05) is 6.61 Å². The number of rotatable bonds is 6. The molecule has 4 atom stereocenters. The first-order valence-electron chi connectivity index (χ1n) is 14.3. The van der Waals surface area contributed by atoms with Crippen molar-refractivity contribution in [1.29, 1.82) is 0 Å². The minimum absolute atomic E-state index is 0.00570. The second kappa shape index (κ2) is 13.6. The van der Waals surface area contributed by atoms with Gasteiger partial charge in [0.15, 0.2) is 0 Å². The zero-order valence-electron chi connectivity index (χ0n) is 24.5. The lowest BCUT2D eigenvalue weighted by Gasteiger charge is -2.36. The van der Waals surface area contributed by atoms with E-state index < -0.39 is 59.6 Å². The predicted molar refractivity (Wildman–Crippen MR) is 150 cm³/mol. The molecule has 0 saturated heterocycles. The molecule has 4 aromatic rings. The second-order valence-corrected chi connectivity index (χ2v) is 11.0. The first-order valence-corrected chi connectivity index (χ1v) is 14.3. The third-order valence-corrected chi connectivity index (χ3v) is 7.75. The lowest BCUT2D eigenvalue weighted by molar-refractivity contribution is -0.192. The molecule has 1 saturated carbocycles. The Labute approximate surface area is 266 Å². The maximum atomic E-state index is 14.0. The molecular formula is C30H26F6N4O8. The number of aliphatic hydroxyl groups excluding tert-OH is 1. The molecule has 1 fully saturated rings. The molecule has 1 aliphatic heterocycles. The summed E-state index contributed by atoms with van der Waals surface area (Å²) < 4.78 is 89.9. The molecule has 2 aromatic carbocycles. The lowest BCUT2D eigenvalue weighted by atomic mass is 9.85. The minimum atomic E-state index is -5.08. The molecule has 48 heavy (non-hydrogen) atoms. The van der Waals surface area contributed by atoms with E-state index in [0.29, 0.717) is 29.7 Å². The molecule has 0 bridgehead atoms. The van der Waals surface area contributed by atoms with Gasteiger partial charge in [-0.2, -0.15) is 31.3 Å². The summed E-state index contributed by atoms with van der Waals surface area (Å²) >= 11 is 0. The van der Waals surface area contributed by atoms with Gasteiger partial charge in [0.1, 0.15) is 29.7 Å². The monoisotopic (exact) mass is 684 g/mol. The Morgan fingerprint density at radius 1 is 0.917 bits per heavy atom. The zero-order valence-corrected chi connectivity index (χ0v) is 24.5. The van der Waals surface area contributed by atoms with Crippen LogP contribution in [0.25, 0.3) is 34.3 Å². The third kappa shape index (κ3) is 7.60. The van der Waals surface area contributed by atoms with Crippen LogP contribution in [0.1, 0.15) is 42.9 Å². The number of ether oxygens (including phenoxy) is 1. The number of aliphatic hydroxyl groups is 1. The van der Waals surface area contributed by atoms with Gasteiger partial charge in [-0.1, -0.05) is 59.2 Å². The van der Waals surface area contributed by atoms with E-state index in [-0.39, 0.29) is 29.7 Å². The maximum Gasteiger partial charge on any atom is 0.490 e. The maximum absolute atomic E-state index is 14.0. The van der Waals surface area contributed by atoms with Gasteiger partial charge in [-0.15, -0.1) is 0 Å². The molecule has 4 N–H and O–H groups in total. The fourth-order valence-electron chi connectivity index (χ4n) is 5.46. The van der Waals surface area contributed by atoms with Crippen molar-refractivity contribution in [3.63, 3.8) is 0 Å². The van der Waals surface area contributed by atoms with E-state index in [1.165, 1.54) is 12.1 Å². The highest BCUT2D eigenvalue weighted by Crippen LogP contribution is 2.43. The van der Waals surface area contributed by atoms with Gasteiger partial charge in [-0.05, 0) is 25.3 Å². The molecule has 2 aromatic heterocycles. The van der Waals surface area contributed by atoms with Gasteiger partial charge in [-0.3, -0.25) is 4.79 Å². The van der Waals surface area contributed by atoms with Gasteiger partial charge < -0.3 is 34.4 Å². The fraction of sp³-hybridized carbons (Fsp3) is 0.367. The summed E-state index contributed by atoms with van der Waals surface area (Å²) in [6, 6.07) is 12.1. The average Bonchev–Trinajstić information content (AvgIpc) is 3.71. The van der Waals surface area contributed by atoms with Gasteiger partial charge in [0, 0.05) is 22.7 Å². The van der Waals surface area contributed by atoms with Gasteiger partial charge in [-0.25, -0.2) is 4.79 Å². The summed E-state index contributed by atoms with van der Waals surface area (Å²) in [5.74, 6) is -4.80. The van der Waals surface area contributed by atoms with Crippen molar-refractivity contribution in [3.8, 4) is 40.0 Å². The molecule has 3 heterocycles. The number of carboxylic acids is 2. The topological polar surface area (TPSA) is 181 Å². The predicted octanol–water partition coefficient (Wildman–Crippen LogP) is 5.74. The lowest BCUT2D eigenvalue weighted by Crippen LogP contribution is -2.49. The van der Waals surface area contributed by atoms with E-state index in [2.05, 4.69) is 20.6 Å². The molecule has 0 unspecified atom stereocenters. The number of alkyl halides is 6. The van der Waals surface area contributed by atoms with Crippen molar-refractivity contribution in [1.82, 2.24) is 20.6 Å². The normalized spacial score (nSPS) is 21.0. The highest BCUT2D eigenvalue weighted by molar-refractivity contribution is 5.73. The molecule has 1 aliphatic carbocycles. The summed E-state index contributed by atoms with van der Waals surface area (Å²) in [6.07, 6.45) is -8.08. The van der Waals surface area contributed by atoms with Crippen LogP contribution in [0.15, 0.2) is 57.6 Å². The number of halogens is 6. The largest absolute Gasteiger partial charge is 0.491 e. The van der Waals surface area contributed by atoms with E-state index >= 15 is 0 Å². The summed E-state index contributed by atoms with van der Waals surface area (Å²) in [5, 5.41) is 38.3. The van der Waals surface area contributed by atoms with Gasteiger partial charge in [0.05, 0.1) is 12.0 Å². The Hall–Kier alpha value is -4.97. The number of carboxylic acid groups (broad SMARTS) is 2. The number of carbonyl (C=O) groups is 2. The van der Waals surface area contributed by atoms with E-state index in [9.17, 15) is 41.4 Å². The van der Waals surface area contributed by atoms with Crippen molar-refractivity contribution < 1.29 is 65.0 Å². The summed E-state index contributed by atoms with van der Waals surface area (Å²) in [5.41, 5.74) is -0.391. The smallest absolute Gasteiger partial charge is 0.490 e. The molecule has 0 spiro atoms. The Balaban J connectivity index is 0.000000582. The molecule has 256 valence electrons. The van der Waals surface area contributed by atoms with E-state index in [1.54, 1.807) is 36.4 Å². The molecular weight excluding hydrogens is 658 g/mol. The van der Waals surface area contributed by atoms with Gasteiger partial charge >= 0.3 is 24.3 Å². The summed E-state index contributed by atoms with van der Waals surface area (Å²) in [6.45, 7) is 0.138. The first-order chi connectivity index (χ1) is 22.6. The summed E-state index contributed by atoms with van der Waals surface area (Å²) in [7, 11) is 0. The van der Waals surface area contributed by atoms with E-state index in [4.69, 9.17) is 23.7 Å². The Morgan fingerprint density at radius 2 is 1.62 bits per heavy atom. The van der Waals surface area contributed by atoms with Crippen LogP contribution in [-0.4, -0.2) is 67.4 Å². The number of aromatic nitrogens is 3. The molecule has 12 nitrogen and oxygen atoms in total. The van der Waals surface area contributed by atoms with Crippen molar-refractivity contribution in [2.45, 2.75) is 56.2 Å². The molecule has 0 amide bonds. The van der Waals surface area contributed by atoms with Crippen LogP contribution in [0.3, 0.4) is 0 Å². The highest BCUT2D eigenvalue weighted by Gasteiger charge is 2.43. The first kappa shape index (κ1) is 34.4. The van der Waals surface area contributed by atoms with E-state index in [0.717, 1.165) is 12.8 Å². The number of hydrogen-bond donors (Lipinski definition) is 4. The second-order valence-electron chi connectivity index (χ2n) is 11.0. The SMILES string of the molecule is O=C(O)C(F)(F)F.O=C(O)[C@@H]1CCC[C@@H](N[C@H]2COc3cc(-c4noc(-c5onc(-c6ccccc6)c5C(F)(F)F)n4)ccc3[C@H]2O)C1. The Bertz CT molecular complexity index is 1760. The van der Waals surface area contributed by atoms with Crippen molar-refractivity contribution in [2.24, 2.45) is 5.92 Å². The third-order valence-electron chi connectivity index (χ3n) is 7.75. The molecule has 6 rings (SSSR count). The fourth-order valence-corrected chi connectivity index (χ4v) is 5.46. The zero-order chi connectivity index (χ0) is 34.8. The van der Waals surface area contributed by atoms with Crippen LogP contribution in [-0.2, 0) is 15.8 Å². The van der Waals surface area contributed by atoms with Gasteiger partial charge in [0.25, 0.3) is 5.89 Å². The minimum Gasteiger partial charge on any atom is -0.491 e. The van der Waals surface area contributed by atoms with Crippen molar-refractivity contribution in [3.05, 3.63) is 59.7 Å². The number of nitrogens with one attached hydrogen (secondary N) is 1. The van der Waals surface area contributed by atoms with Crippen LogP contribution >= 0.6 is 0 Å². The number of nitrogens with zero attached hydrogens (tertiary/aromatic N) is 3. The average molecular weight is 685 g/mol. The Morgan fingerprint density at radius 3 is 2.27 bits per heavy atom. The standard InChI is InChI=1S/C28H25F3N4O6.C2HF3O2/c29-28(30,31)21-22(14-5-2-1-3-6-14)34-40-24(21)26-33-25(35-41-26)15-9-10-18-20(12-15)39-13-19(23(18)36)32-17-8-4-7-16(11-17)27(37)38;3-2(4,5)1(6)7/h1-3,5-6,9-10,12,16-17,19,23,32,36H,4,7-8,11,13H2,(H,37,38);(H,6,7)/t16-,17-,19+,23-;/m1./s1. The summed E-state index contributed by atoms with van der Waals surface area (Å²) in [4.78, 5) is 24.4. The van der Waals surface area contributed by atoms with Crippen LogP contribution in [0.5, 0.6) is 5.75 Å². The number of hydrogen-bond acceptors (Lipinski definition) is 10. The quantitative estimate of drug-likeness (QED) is 0.181. The van der Waals surface area contributed by atoms with Crippen LogP contribution in [0.4, 0.5) is 26.3 Å². The van der Waals surface area contributed by atoms with Crippen LogP contribution in [0.2, 0.25) is 0 Å². The number of benzene rings is 2. The van der Waals surface area contributed by atoms with Crippen molar-refractivity contribution >= 4 is 11.9 Å². The Kier molecular flexibility index (Phi) is 9.76. The van der Waals surface area contributed by atoms with Gasteiger partial charge in [0.2, 0.25) is 11.6 Å². The molecule has 0 radical (unpaired) electrons. The van der Waals surface area contributed by atoms with Crippen LogP contribution < -0.4 is 10.1 Å². The van der Waals surface area contributed by atoms with Crippen LogP contribution in [0, 0.1) is 5.92 Å². The molecule has 2 aliphatic rings. The highest BCUT2D eigenvalue weighted by atomic mass is 19.4. The molecule has 18 heteroatoms.